The summed E-state index contributed by atoms with van der Waals surface area (Å²) >= 11 is 7.35. The topological polar surface area (TPSA) is 102 Å². The normalized spacial score (nSPS) is 11.3. The van der Waals surface area contributed by atoms with Crippen molar-refractivity contribution in [2.75, 3.05) is 18.5 Å². The molecule has 0 spiro atoms. The van der Waals surface area contributed by atoms with E-state index in [0.29, 0.717) is 16.3 Å². The summed E-state index contributed by atoms with van der Waals surface area (Å²) in [6.45, 7) is -1.15. The van der Waals surface area contributed by atoms with Crippen LogP contribution in [0.3, 0.4) is 0 Å². The van der Waals surface area contributed by atoms with Gasteiger partial charge in [-0.05, 0) is 48.0 Å². The van der Waals surface area contributed by atoms with Gasteiger partial charge in [0.05, 0.1) is 5.69 Å². The summed E-state index contributed by atoms with van der Waals surface area (Å²) in [5.41, 5.74) is 1.25. The SMILES string of the molecule is O=C(COC(=O)CNS(=O)(=O)C=Cc1ccccc1)Nc1ccccc1Sc1ccc(Cl)cc1. The quantitative estimate of drug-likeness (QED) is 0.383. The van der Waals surface area contributed by atoms with Gasteiger partial charge in [-0.25, -0.2) is 13.1 Å². The number of sulfonamides is 1. The van der Waals surface area contributed by atoms with E-state index in [-0.39, 0.29) is 0 Å². The molecule has 2 N–H and O–H groups in total. The minimum atomic E-state index is -3.84. The molecule has 0 aliphatic carbocycles. The first-order chi connectivity index (χ1) is 16.3. The molecule has 3 rings (SSSR count). The van der Waals surface area contributed by atoms with Crippen molar-refractivity contribution in [1.29, 1.82) is 0 Å². The maximum atomic E-state index is 12.3. The number of carbonyl (C=O) groups excluding carboxylic acids is 2. The molecule has 34 heavy (non-hydrogen) atoms. The molecule has 176 valence electrons. The van der Waals surface area contributed by atoms with Gasteiger partial charge in [-0.3, -0.25) is 9.59 Å². The Morgan fingerprint density at radius 2 is 1.62 bits per heavy atom. The van der Waals surface area contributed by atoms with E-state index in [1.54, 1.807) is 48.5 Å². The summed E-state index contributed by atoms with van der Waals surface area (Å²) in [6.07, 6.45) is 1.40. The van der Waals surface area contributed by atoms with Gasteiger partial charge in [-0.1, -0.05) is 65.8 Å². The predicted octanol–water partition coefficient (Wildman–Crippen LogP) is 4.56. The minimum Gasteiger partial charge on any atom is -0.455 e. The summed E-state index contributed by atoms with van der Waals surface area (Å²) in [5.74, 6) is -1.43. The first-order valence-electron chi connectivity index (χ1n) is 10.0. The number of carbonyl (C=O) groups is 2. The zero-order chi connectivity index (χ0) is 24.4. The van der Waals surface area contributed by atoms with Gasteiger partial charge in [-0.15, -0.1) is 0 Å². The van der Waals surface area contributed by atoms with Crippen LogP contribution in [0.1, 0.15) is 5.56 Å². The molecule has 0 aliphatic rings. The highest BCUT2D eigenvalue weighted by molar-refractivity contribution is 7.99. The molecule has 0 aromatic heterocycles. The number of nitrogens with one attached hydrogen (secondary N) is 2. The molecule has 3 aromatic carbocycles. The lowest BCUT2D eigenvalue weighted by atomic mass is 10.2. The average Bonchev–Trinajstić information content (AvgIpc) is 2.83. The Morgan fingerprint density at radius 3 is 2.35 bits per heavy atom. The first kappa shape index (κ1) is 25.5. The van der Waals surface area contributed by atoms with E-state index >= 15 is 0 Å². The van der Waals surface area contributed by atoms with Crippen LogP contribution in [0.25, 0.3) is 6.08 Å². The average molecular weight is 517 g/mol. The van der Waals surface area contributed by atoms with E-state index in [9.17, 15) is 18.0 Å². The van der Waals surface area contributed by atoms with E-state index in [4.69, 9.17) is 16.3 Å². The van der Waals surface area contributed by atoms with E-state index in [1.807, 2.05) is 30.3 Å². The highest BCUT2D eigenvalue weighted by Crippen LogP contribution is 2.33. The summed E-state index contributed by atoms with van der Waals surface area (Å²) in [5, 5.41) is 4.28. The van der Waals surface area contributed by atoms with Crippen molar-refractivity contribution in [2.24, 2.45) is 0 Å². The Hall–Kier alpha value is -3.11. The fourth-order valence-corrected chi connectivity index (χ4v) is 4.39. The van der Waals surface area contributed by atoms with Gasteiger partial charge in [0, 0.05) is 20.2 Å². The highest BCUT2D eigenvalue weighted by atomic mass is 35.5. The molecule has 1 amide bonds. The second-order valence-corrected chi connectivity index (χ2v) is 10.0. The van der Waals surface area contributed by atoms with Crippen molar-refractivity contribution in [3.8, 4) is 0 Å². The van der Waals surface area contributed by atoms with Crippen LogP contribution in [0.4, 0.5) is 5.69 Å². The van der Waals surface area contributed by atoms with Gasteiger partial charge < -0.3 is 10.1 Å². The third-order valence-corrected chi connectivity index (χ3v) is 6.60. The fraction of sp³-hybridized carbons (Fsp3) is 0.0833. The van der Waals surface area contributed by atoms with Crippen LogP contribution < -0.4 is 10.0 Å². The molecule has 0 saturated carbocycles. The van der Waals surface area contributed by atoms with E-state index in [1.165, 1.54) is 17.8 Å². The number of hydrogen-bond acceptors (Lipinski definition) is 6. The van der Waals surface area contributed by atoms with Gasteiger partial charge in [0.2, 0.25) is 10.0 Å². The van der Waals surface area contributed by atoms with Crippen LogP contribution in [0.15, 0.2) is 94.1 Å². The third kappa shape index (κ3) is 8.68. The van der Waals surface area contributed by atoms with Gasteiger partial charge in [0.25, 0.3) is 5.91 Å². The lowest BCUT2D eigenvalue weighted by Crippen LogP contribution is -2.31. The Labute approximate surface area is 207 Å². The van der Waals surface area contributed by atoms with Gasteiger partial charge >= 0.3 is 5.97 Å². The monoisotopic (exact) mass is 516 g/mol. The van der Waals surface area contributed by atoms with Crippen LogP contribution in [-0.2, 0) is 24.3 Å². The van der Waals surface area contributed by atoms with Crippen LogP contribution in [0, 0.1) is 0 Å². The second kappa shape index (κ2) is 12.4. The predicted molar refractivity (Wildman–Crippen MR) is 134 cm³/mol. The number of esters is 1. The molecular formula is C24H21ClN2O5S2. The minimum absolute atomic E-state index is 0.551. The number of halogens is 1. The number of hydrogen-bond donors (Lipinski definition) is 2. The molecule has 0 atom stereocenters. The molecule has 0 heterocycles. The molecule has 0 bridgehead atoms. The molecule has 10 heteroatoms. The van der Waals surface area contributed by atoms with Crippen molar-refractivity contribution in [3.63, 3.8) is 0 Å². The smallest absolute Gasteiger partial charge is 0.321 e. The van der Waals surface area contributed by atoms with Crippen LogP contribution >= 0.6 is 23.4 Å². The van der Waals surface area contributed by atoms with E-state index in [2.05, 4.69) is 10.0 Å². The number of ether oxygens (including phenoxy) is 1. The molecule has 7 nitrogen and oxygen atoms in total. The lowest BCUT2D eigenvalue weighted by molar-refractivity contribution is -0.146. The first-order valence-corrected chi connectivity index (χ1v) is 12.8. The number of benzene rings is 3. The van der Waals surface area contributed by atoms with E-state index in [0.717, 1.165) is 15.2 Å². The van der Waals surface area contributed by atoms with Gasteiger partial charge in [-0.2, -0.15) is 0 Å². The number of anilines is 1. The summed E-state index contributed by atoms with van der Waals surface area (Å²) < 4.78 is 31.0. The van der Waals surface area contributed by atoms with Crippen molar-refractivity contribution < 1.29 is 22.7 Å². The molecular weight excluding hydrogens is 496 g/mol. The van der Waals surface area contributed by atoms with Crippen molar-refractivity contribution in [1.82, 2.24) is 4.72 Å². The van der Waals surface area contributed by atoms with Gasteiger partial charge in [0.15, 0.2) is 6.61 Å². The zero-order valence-corrected chi connectivity index (χ0v) is 20.2. The van der Waals surface area contributed by atoms with Crippen molar-refractivity contribution >= 4 is 57.0 Å². The molecule has 3 aromatic rings. The Morgan fingerprint density at radius 1 is 0.941 bits per heavy atom. The van der Waals surface area contributed by atoms with Crippen LogP contribution in [0.2, 0.25) is 5.02 Å². The number of amides is 1. The van der Waals surface area contributed by atoms with Crippen molar-refractivity contribution in [3.05, 3.63) is 94.9 Å². The Balaban J connectivity index is 1.47. The molecule has 0 fully saturated rings. The molecule has 0 aliphatic heterocycles. The standard InChI is InChI=1S/C24H21ClN2O5S2/c25-19-10-12-20(13-11-19)33-22-9-5-4-8-21(22)27-23(28)17-32-24(29)16-26-34(30,31)15-14-18-6-2-1-3-7-18/h1-15,26H,16-17H2,(H,27,28). The zero-order valence-electron chi connectivity index (χ0n) is 17.8. The second-order valence-electron chi connectivity index (χ2n) is 6.84. The molecule has 0 radical (unpaired) electrons. The maximum absolute atomic E-state index is 12.3. The Bertz CT molecular complexity index is 1260. The number of rotatable bonds is 10. The molecule has 0 unspecified atom stereocenters. The maximum Gasteiger partial charge on any atom is 0.321 e. The van der Waals surface area contributed by atoms with E-state index < -0.39 is 35.1 Å². The summed E-state index contributed by atoms with van der Waals surface area (Å²) in [4.78, 5) is 25.9. The lowest BCUT2D eigenvalue weighted by Gasteiger charge is -2.11. The molecule has 0 saturated heterocycles. The Kier molecular flexibility index (Phi) is 9.29. The number of para-hydroxylation sites is 1. The third-order valence-electron chi connectivity index (χ3n) is 4.22. The van der Waals surface area contributed by atoms with Crippen LogP contribution in [0.5, 0.6) is 0 Å². The summed E-state index contributed by atoms with van der Waals surface area (Å²) in [6, 6.07) is 23.3. The fourth-order valence-electron chi connectivity index (χ4n) is 2.61. The van der Waals surface area contributed by atoms with Crippen LogP contribution in [-0.4, -0.2) is 33.4 Å². The van der Waals surface area contributed by atoms with Crippen molar-refractivity contribution in [2.45, 2.75) is 9.79 Å². The highest BCUT2D eigenvalue weighted by Gasteiger charge is 2.13. The van der Waals surface area contributed by atoms with Gasteiger partial charge in [0.1, 0.15) is 6.54 Å². The summed E-state index contributed by atoms with van der Waals surface area (Å²) in [7, 11) is -3.84. The largest absolute Gasteiger partial charge is 0.455 e.